The highest BCUT2D eigenvalue weighted by molar-refractivity contribution is 5.88. The fraction of sp³-hybridized carbons (Fsp3) is 0. The van der Waals surface area contributed by atoms with Gasteiger partial charge < -0.3 is 15.5 Å². The van der Waals surface area contributed by atoms with E-state index >= 15 is 0 Å². The second-order valence-corrected chi connectivity index (χ2v) is 3.28. The van der Waals surface area contributed by atoms with E-state index in [-0.39, 0.29) is 17.1 Å². The Bertz CT molecular complexity index is 557. The van der Waals surface area contributed by atoms with Crippen molar-refractivity contribution >= 4 is 17.5 Å². The quantitative estimate of drug-likeness (QED) is 0.695. The Morgan fingerprint density at radius 1 is 1.29 bits per heavy atom. The monoisotopic (exact) mass is 231 g/mol. The van der Waals surface area contributed by atoms with E-state index in [9.17, 15) is 9.90 Å². The van der Waals surface area contributed by atoms with E-state index in [1.165, 1.54) is 12.1 Å². The lowest BCUT2D eigenvalue weighted by Crippen LogP contribution is -2.01. The van der Waals surface area contributed by atoms with Gasteiger partial charge in [-0.2, -0.15) is 5.10 Å². The number of hydrogen-bond acceptors (Lipinski definition) is 5. The molecule has 1 heterocycles. The normalized spacial score (nSPS) is 9.88. The largest absolute Gasteiger partial charge is 0.506 e. The van der Waals surface area contributed by atoms with Crippen molar-refractivity contribution in [1.29, 1.82) is 0 Å². The molecule has 3 N–H and O–H groups in total. The van der Waals surface area contributed by atoms with Crippen molar-refractivity contribution in [2.75, 3.05) is 5.32 Å². The third-order valence-corrected chi connectivity index (χ3v) is 2.07. The Labute approximate surface area is 96.6 Å². The van der Waals surface area contributed by atoms with Gasteiger partial charge in [0.1, 0.15) is 5.75 Å². The highest BCUT2D eigenvalue weighted by Crippen LogP contribution is 2.24. The van der Waals surface area contributed by atoms with E-state index in [1.807, 2.05) is 0 Å². The number of aromatic carboxylic acids is 1. The molecule has 6 nitrogen and oxygen atoms in total. The molecular weight excluding hydrogens is 222 g/mol. The van der Waals surface area contributed by atoms with Crippen LogP contribution in [0, 0.1) is 0 Å². The number of nitrogens with one attached hydrogen (secondary N) is 1. The summed E-state index contributed by atoms with van der Waals surface area (Å²) in [5, 5.41) is 28.4. The molecule has 0 spiro atoms. The van der Waals surface area contributed by atoms with E-state index < -0.39 is 5.97 Å². The van der Waals surface area contributed by atoms with Crippen LogP contribution >= 0.6 is 0 Å². The van der Waals surface area contributed by atoms with Crippen LogP contribution in [0.15, 0.2) is 36.5 Å². The number of carbonyl (C=O) groups is 1. The summed E-state index contributed by atoms with van der Waals surface area (Å²) in [6.07, 6.45) is 1.15. The molecule has 0 fully saturated rings. The first-order chi connectivity index (χ1) is 8.16. The molecule has 0 saturated carbocycles. The number of aromatic nitrogens is 2. The molecule has 86 valence electrons. The molecule has 1 aromatic carbocycles. The van der Waals surface area contributed by atoms with Gasteiger partial charge in [-0.3, -0.25) is 0 Å². The Balaban J connectivity index is 2.28. The maximum Gasteiger partial charge on any atom is 0.337 e. The van der Waals surface area contributed by atoms with Crippen molar-refractivity contribution in [2.24, 2.45) is 0 Å². The average molecular weight is 231 g/mol. The summed E-state index contributed by atoms with van der Waals surface area (Å²) in [7, 11) is 0. The molecule has 0 saturated heterocycles. The van der Waals surface area contributed by atoms with E-state index in [2.05, 4.69) is 15.5 Å². The second kappa shape index (κ2) is 4.48. The first-order valence-corrected chi connectivity index (χ1v) is 4.78. The number of nitrogens with zero attached hydrogens (tertiary/aromatic N) is 2. The number of rotatable bonds is 3. The van der Waals surface area contributed by atoms with Crippen molar-refractivity contribution in [3.63, 3.8) is 0 Å². The summed E-state index contributed by atoms with van der Waals surface area (Å²) in [5.41, 5.74) is 0.460. The van der Waals surface area contributed by atoms with Gasteiger partial charge in [0, 0.05) is 0 Å². The van der Waals surface area contributed by atoms with Crippen LogP contribution in [0.4, 0.5) is 11.5 Å². The summed E-state index contributed by atoms with van der Waals surface area (Å²) >= 11 is 0. The molecule has 1 aromatic heterocycles. The van der Waals surface area contributed by atoms with Crippen LogP contribution in [0.5, 0.6) is 5.75 Å². The second-order valence-electron chi connectivity index (χ2n) is 3.28. The highest BCUT2D eigenvalue weighted by Gasteiger charge is 2.06. The number of aromatic hydroxyl groups is 1. The van der Waals surface area contributed by atoms with Crippen LogP contribution in [-0.4, -0.2) is 26.4 Å². The van der Waals surface area contributed by atoms with E-state index in [4.69, 9.17) is 5.11 Å². The SMILES string of the molecule is O=C(O)c1cnnc(Nc2ccccc2O)c1. The maximum atomic E-state index is 10.7. The van der Waals surface area contributed by atoms with Gasteiger partial charge in [0.25, 0.3) is 0 Å². The molecule has 0 aliphatic rings. The number of carboxylic acid groups (broad SMARTS) is 1. The van der Waals surface area contributed by atoms with Gasteiger partial charge in [0.05, 0.1) is 17.4 Å². The maximum absolute atomic E-state index is 10.7. The number of benzene rings is 1. The molecule has 0 atom stereocenters. The van der Waals surface area contributed by atoms with E-state index in [1.54, 1.807) is 18.2 Å². The van der Waals surface area contributed by atoms with Gasteiger partial charge in [0.2, 0.25) is 0 Å². The number of carboxylic acids is 1. The number of phenols is 1. The third-order valence-electron chi connectivity index (χ3n) is 2.07. The number of hydrogen-bond donors (Lipinski definition) is 3. The first-order valence-electron chi connectivity index (χ1n) is 4.78. The standard InChI is InChI=1S/C11H9N3O3/c15-9-4-2-1-3-8(9)13-10-5-7(11(16)17)6-12-14-10/h1-6,15H,(H,13,14)(H,16,17). The van der Waals surface area contributed by atoms with Gasteiger partial charge in [-0.1, -0.05) is 12.1 Å². The molecule has 0 amide bonds. The fourth-order valence-electron chi connectivity index (χ4n) is 1.26. The van der Waals surface area contributed by atoms with Crippen LogP contribution < -0.4 is 5.32 Å². The zero-order valence-electron chi connectivity index (χ0n) is 8.66. The Morgan fingerprint density at radius 2 is 2.06 bits per heavy atom. The summed E-state index contributed by atoms with van der Waals surface area (Å²) in [4.78, 5) is 10.7. The molecule has 0 radical (unpaired) electrons. The zero-order chi connectivity index (χ0) is 12.3. The molecule has 0 unspecified atom stereocenters. The summed E-state index contributed by atoms with van der Waals surface area (Å²) in [6.45, 7) is 0. The summed E-state index contributed by atoms with van der Waals surface area (Å²) < 4.78 is 0. The number of phenolic OH excluding ortho intramolecular Hbond substituents is 1. The van der Waals surface area contributed by atoms with Crippen molar-refractivity contribution in [3.05, 3.63) is 42.1 Å². The van der Waals surface area contributed by atoms with Crippen LogP contribution in [0.2, 0.25) is 0 Å². The van der Waals surface area contributed by atoms with Gasteiger partial charge >= 0.3 is 5.97 Å². The lowest BCUT2D eigenvalue weighted by atomic mass is 10.2. The van der Waals surface area contributed by atoms with Crippen molar-refractivity contribution in [2.45, 2.75) is 0 Å². The minimum Gasteiger partial charge on any atom is -0.506 e. The Morgan fingerprint density at radius 3 is 2.76 bits per heavy atom. The Kier molecular flexibility index (Phi) is 2.87. The van der Waals surface area contributed by atoms with Gasteiger partial charge in [-0.15, -0.1) is 5.10 Å². The molecular formula is C11H9N3O3. The van der Waals surface area contributed by atoms with Gasteiger partial charge in [-0.05, 0) is 18.2 Å². The smallest absolute Gasteiger partial charge is 0.337 e. The molecule has 17 heavy (non-hydrogen) atoms. The molecule has 0 aliphatic carbocycles. The average Bonchev–Trinajstić information content (AvgIpc) is 2.32. The summed E-state index contributed by atoms with van der Waals surface area (Å²) in [6, 6.07) is 7.90. The predicted octanol–water partition coefficient (Wildman–Crippen LogP) is 1.62. The molecule has 0 bridgehead atoms. The van der Waals surface area contributed by atoms with Crippen LogP contribution in [0.25, 0.3) is 0 Å². The number of para-hydroxylation sites is 2. The fourth-order valence-corrected chi connectivity index (χ4v) is 1.26. The molecule has 2 aromatic rings. The van der Waals surface area contributed by atoms with Gasteiger partial charge in [-0.25, -0.2) is 4.79 Å². The van der Waals surface area contributed by atoms with E-state index in [0.29, 0.717) is 5.69 Å². The molecule has 2 rings (SSSR count). The predicted molar refractivity (Wildman–Crippen MR) is 60.4 cm³/mol. The topological polar surface area (TPSA) is 95.3 Å². The van der Waals surface area contributed by atoms with Gasteiger partial charge in [0.15, 0.2) is 5.82 Å². The van der Waals surface area contributed by atoms with E-state index in [0.717, 1.165) is 6.20 Å². The van der Waals surface area contributed by atoms with Crippen molar-refractivity contribution in [1.82, 2.24) is 10.2 Å². The third kappa shape index (κ3) is 2.49. The lowest BCUT2D eigenvalue weighted by Gasteiger charge is -2.06. The first kappa shape index (κ1) is 10.9. The highest BCUT2D eigenvalue weighted by atomic mass is 16.4. The van der Waals surface area contributed by atoms with Crippen LogP contribution in [0.1, 0.15) is 10.4 Å². The zero-order valence-corrected chi connectivity index (χ0v) is 8.66. The van der Waals surface area contributed by atoms with Crippen LogP contribution in [-0.2, 0) is 0 Å². The molecule has 6 heteroatoms. The summed E-state index contributed by atoms with van der Waals surface area (Å²) in [5.74, 6) is -0.776. The minimum atomic E-state index is -1.08. The number of anilines is 2. The Hall–Kier alpha value is -2.63. The molecule has 0 aliphatic heterocycles. The van der Waals surface area contributed by atoms with Crippen molar-refractivity contribution < 1.29 is 15.0 Å². The van der Waals surface area contributed by atoms with Crippen molar-refractivity contribution in [3.8, 4) is 5.75 Å². The lowest BCUT2D eigenvalue weighted by molar-refractivity contribution is 0.0696. The minimum absolute atomic E-state index is 0.0259. The van der Waals surface area contributed by atoms with Crippen LogP contribution in [0.3, 0.4) is 0 Å².